The molecular weight excluding hydrogens is 456 g/mol. The van der Waals surface area contributed by atoms with E-state index in [0.29, 0.717) is 5.84 Å². The van der Waals surface area contributed by atoms with Crippen molar-refractivity contribution in [1.82, 2.24) is 30.3 Å². The molecule has 1 aliphatic heterocycles. The number of urea groups is 1. The number of benzene rings is 1. The first-order valence-corrected chi connectivity index (χ1v) is 12.0. The highest BCUT2D eigenvalue weighted by Gasteiger charge is 2.30. The van der Waals surface area contributed by atoms with Gasteiger partial charge < -0.3 is 0 Å². The number of carbonyl (C=O) groups excluding carboxylic acids is 1. The summed E-state index contributed by atoms with van der Waals surface area (Å²) < 4.78 is 2.78. The second-order valence-electron chi connectivity index (χ2n) is 9.51. The van der Waals surface area contributed by atoms with Gasteiger partial charge in [0.15, 0.2) is 0 Å². The van der Waals surface area contributed by atoms with Crippen molar-refractivity contribution in [1.29, 1.82) is 0 Å². The summed E-state index contributed by atoms with van der Waals surface area (Å²) in [4.78, 5) is 25.1. The second-order valence-corrected chi connectivity index (χ2v) is 9.51. The van der Waals surface area contributed by atoms with Gasteiger partial charge in [-0.1, -0.05) is 27.3 Å². The van der Waals surface area contributed by atoms with Gasteiger partial charge in [-0.25, -0.2) is 14.8 Å². The van der Waals surface area contributed by atoms with Crippen molar-refractivity contribution < 1.29 is 9.48 Å². The molecule has 1 aromatic carbocycles. The molecule has 0 atom stereocenters. The molecule has 10 nitrogen and oxygen atoms in total. The summed E-state index contributed by atoms with van der Waals surface area (Å²) in [6.45, 7) is 15.2. The number of rotatable bonds is 4. The molecule has 1 N–H and O–H groups in total. The van der Waals surface area contributed by atoms with Gasteiger partial charge in [0.25, 0.3) is 5.82 Å². The fourth-order valence-corrected chi connectivity index (χ4v) is 3.26. The highest BCUT2D eigenvalue weighted by atomic mass is 16.2. The molecule has 2 heterocycles. The van der Waals surface area contributed by atoms with E-state index in [9.17, 15) is 9.59 Å². The summed E-state index contributed by atoms with van der Waals surface area (Å²) >= 11 is 0. The minimum Gasteiger partial charge on any atom is -0.269 e. The first-order valence-electron chi connectivity index (χ1n) is 12.0. The number of nitrogens with one attached hydrogen (secondary N) is 1. The summed E-state index contributed by atoms with van der Waals surface area (Å²) in [5.74, 6) is 12.8. The van der Waals surface area contributed by atoms with Gasteiger partial charge >= 0.3 is 11.7 Å². The largest absolute Gasteiger partial charge is 0.540 e. The van der Waals surface area contributed by atoms with Crippen molar-refractivity contribution in [3.63, 3.8) is 0 Å². The van der Waals surface area contributed by atoms with Crippen LogP contribution in [0.5, 0.6) is 0 Å². The number of hydrazone groups is 1. The Balaban J connectivity index is 1.90. The van der Waals surface area contributed by atoms with Crippen LogP contribution in [0.4, 0.5) is 4.79 Å². The molecule has 0 fully saturated rings. The first-order chi connectivity index (χ1) is 17.0. The average molecular weight is 490 g/mol. The van der Waals surface area contributed by atoms with Crippen molar-refractivity contribution in [2.45, 2.75) is 79.6 Å². The van der Waals surface area contributed by atoms with E-state index in [1.165, 1.54) is 19.4 Å². The van der Waals surface area contributed by atoms with Crippen LogP contribution in [0, 0.1) is 23.7 Å². The molecule has 36 heavy (non-hydrogen) atoms. The van der Waals surface area contributed by atoms with Gasteiger partial charge in [0.2, 0.25) is 5.84 Å². The van der Waals surface area contributed by atoms with Crippen LogP contribution < -0.4 is 15.8 Å². The summed E-state index contributed by atoms with van der Waals surface area (Å²) in [6.07, 6.45) is 0. The number of carbonyl (C=O) groups is 1. The predicted octanol–water partition coefficient (Wildman–Crippen LogP) is 2.21. The number of hydrogen-bond acceptors (Lipinski definition) is 6. The van der Waals surface area contributed by atoms with Gasteiger partial charge in [-0.3, -0.25) is 5.43 Å². The summed E-state index contributed by atoms with van der Waals surface area (Å²) in [6, 6.07) is 6.84. The average Bonchev–Trinajstić information content (AvgIpc) is 2.82. The Kier molecular flexibility index (Phi) is 8.11. The highest BCUT2D eigenvalue weighted by molar-refractivity contribution is 6.01. The maximum absolute atomic E-state index is 12.6. The third-order valence-electron chi connectivity index (χ3n) is 5.12. The van der Waals surface area contributed by atoms with Crippen LogP contribution >= 0.6 is 0 Å². The zero-order chi connectivity index (χ0) is 26.6. The van der Waals surface area contributed by atoms with Crippen LogP contribution in [0.2, 0.25) is 0 Å². The Morgan fingerprint density at radius 3 is 2.06 bits per heavy atom. The van der Waals surface area contributed by atoms with E-state index in [1.54, 1.807) is 0 Å². The molecule has 0 bridgehead atoms. The van der Waals surface area contributed by atoms with E-state index in [-0.39, 0.29) is 41.7 Å². The minimum absolute atomic E-state index is 0.0636. The van der Waals surface area contributed by atoms with Gasteiger partial charge in [-0.15, -0.1) is 5.10 Å². The fraction of sp³-hybridized carbons (Fsp3) is 0.462. The molecule has 188 valence electrons. The van der Waals surface area contributed by atoms with Crippen LogP contribution in [0.3, 0.4) is 0 Å². The van der Waals surface area contributed by atoms with Gasteiger partial charge in [-0.2, -0.15) is 4.79 Å². The number of amides is 2. The quantitative estimate of drug-likeness (QED) is 0.524. The van der Waals surface area contributed by atoms with E-state index in [1.807, 2.05) is 79.7 Å². The minimum atomic E-state index is -0.268. The van der Waals surface area contributed by atoms with E-state index in [0.717, 1.165) is 11.1 Å². The molecule has 3 rings (SSSR count). The molecule has 2 amide bonds. The second kappa shape index (κ2) is 11.0. The molecule has 2 aromatic rings. The zero-order valence-corrected chi connectivity index (χ0v) is 22.1. The van der Waals surface area contributed by atoms with Gasteiger partial charge in [0.1, 0.15) is 12.1 Å². The van der Waals surface area contributed by atoms with E-state index in [4.69, 9.17) is 0 Å². The summed E-state index contributed by atoms with van der Waals surface area (Å²) in [5, 5.41) is 15.9. The van der Waals surface area contributed by atoms with Crippen LogP contribution in [0.15, 0.2) is 34.2 Å². The maximum Gasteiger partial charge on any atom is 0.540 e. The normalized spacial score (nSPS) is 13.4. The van der Waals surface area contributed by atoms with E-state index >= 15 is 0 Å². The van der Waals surface area contributed by atoms with Gasteiger partial charge in [0, 0.05) is 17.2 Å². The van der Waals surface area contributed by atoms with Crippen molar-refractivity contribution >= 4 is 11.9 Å². The van der Waals surface area contributed by atoms with E-state index in [2.05, 4.69) is 44.4 Å². The predicted molar refractivity (Wildman–Crippen MR) is 136 cm³/mol. The van der Waals surface area contributed by atoms with Crippen LogP contribution in [0.25, 0.3) is 0 Å². The molecule has 0 aliphatic carbocycles. The molecule has 1 aromatic heterocycles. The molecule has 0 saturated heterocycles. The third-order valence-corrected chi connectivity index (χ3v) is 5.12. The number of hydrazine groups is 1. The highest BCUT2D eigenvalue weighted by Crippen LogP contribution is 2.11. The van der Waals surface area contributed by atoms with Crippen LogP contribution in [-0.2, 0) is 0 Å². The van der Waals surface area contributed by atoms with Crippen LogP contribution in [0.1, 0.15) is 84.4 Å². The number of aromatic nitrogens is 4. The first kappa shape index (κ1) is 26.4. The smallest absolute Gasteiger partial charge is 0.269 e. The van der Waals surface area contributed by atoms with Gasteiger partial charge in [0.05, 0.1) is 6.04 Å². The molecule has 0 unspecified atom stereocenters. The van der Waals surface area contributed by atoms with Crippen molar-refractivity contribution in [3.8, 4) is 23.7 Å². The van der Waals surface area contributed by atoms with Gasteiger partial charge in [-0.05, 0) is 95.6 Å². The Labute approximate surface area is 212 Å². The topological polar surface area (TPSA) is 99.6 Å². The maximum atomic E-state index is 12.6. The third kappa shape index (κ3) is 6.08. The van der Waals surface area contributed by atoms with Crippen molar-refractivity contribution in [2.75, 3.05) is 0 Å². The SMILES string of the molecule is CC(C)N1N=C(C#Cc2cccc(C#Cc3nn(C(C)C)c(=O)[n+](C(C)C)n3)c2)NN(C(C)C)C1=O. The molecule has 0 saturated carbocycles. The molecule has 10 heteroatoms. The Morgan fingerprint density at radius 1 is 0.861 bits per heavy atom. The summed E-state index contributed by atoms with van der Waals surface area (Å²) in [7, 11) is 0. The lowest BCUT2D eigenvalue weighted by atomic mass is 10.1. The Morgan fingerprint density at radius 2 is 1.50 bits per heavy atom. The van der Waals surface area contributed by atoms with Crippen molar-refractivity contribution in [3.05, 3.63) is 51.7 Å². The monoisotopic (exact) mass is 489 g/mol. The van der Waals surface area contributed by atoms with Crippen molar-refractivity contribution in [2.24, 2.45) is 5.10 Å². The lowest BCUT2D eigenvalue weighted by Gasteiger charge is -2.36. The number of hydrogen-bond donors (Lipinski definition) is 1. The zero-order valence-electron chi connectivity index (χ0n) is 22.1. The Hall–Kier alpha value is -4.18. The number of nitrogens with zero attached hydrogens (tertiary/aromatic N) is 7. The molecule has 1 aliphatic rings. The molecular formula is C26H33N8O2+. The standard InChI is InChI=1S/C26H33N8O2/c1-17(2)31-25(35)32(18(3)4)28-23(27-31)14-12-21-10-9-11-22(16-21)13-15-24-29-33(19(5)6)26(36)34(30-24)20(7)8/h9-11,16-20H,1-8H3,(H,27,28)/q+1. The summed E-state index contributed by atoms with van der Waals surface area (Å²) in [5.41, 5.74) is 4.19. The molecule has 0 spiro atoms. The number of amidine groups is 1. The lowest BCUT2D eigenvalue weighted by molar-refractivity contribution is -0.789. The molecule has 0 radical (unpaired) electrons. The van der Waals surface area contributed by atoms with Crippen LogP contribution in [-0.4, -0.2) is 48.8 Å². The van der Waals surface area contributed by atoms with E-state index < -0.39 is 0 Å². The lowest BCUT2D eigenvalue weighted by Crippen LogP contribution is -2.60. The Bertz CT molecular complexity index is 1320. The fourth-order valence-electron chi connectivity index (χ4n) is 3.26.